The van der Waals surface area contributed by atoms with E-state index in [0.717, 1.165) is 33.8 Å². The number of nitrogens with zero attached hydrogens (tertiary/aromatic N) is 1. The molecule has 3 aromatic rings. The summed E-state index contributed by atoms with van der Waals surface area (Å²) in [6.45, 7) is 0. The summed E-state index contributed by atoms with van der Waals surface area (Å²) in [4.78, 5) is 6.18. The van der Waals surface area contributed by atoms with E-state index < -0.39 is 0 Å². The molecule has 1 aromatic carbocycles. The molecule has 0 saturated carbocycles. The Morgan fingerprint density at radius 2 is 2.16 bits per heavy atom. The van der Waals surface area contributed by atoms with Crippen LogP contribution in [-0.4, -0.2) is 4.98 Å². The monoisotopic (exact) mass is 331 g/mol. The molecule has 4 rings (SSSR count). The summed E-state index contributed by atoms with van der Waals surface area (Å²) in [7, 11) is 0. The van der Waals surface area contributed by atoms with E-state index in [4.69, 9.17) is 9.40 Å². The van der Waals surface area contributed by atoms with Crippen LogP contribution in [0.4, 0.5) is 0 Å². The van der Waals surface area contributed by atoms with Crippen LogP contribution >= 0.6 is 27.3 Å². The number of aromatic nitrogens is 1. The minimum Gasteiger partial charge on any atom is -0.469 e. The van der Waals surface area contributed by atoms with Crippen LogP contribution in [0.25, 0.3) is 21.8 Å². The van der Waals surface area contributed by atoms with Gasteiger partial charge in [0.05, 0.1) is 12.0 Å². The van der Waals surface area contributed by atoms with Gasteiger partial charge in [-0.3, -0.25) is 0 Å². The van der Waals surface area contributed by atoms with Crippen molar-refractivity contribution in [3.05, 3.63) is 51.7 Å². The maximum absolute atomic E-state index is 5.50. The Morgan fingerprint density at radius 3 is 3.05 bits per heavy atom. The van der Waals surface area contributed by atoms with Gasteiger partial charge >= 0.3 is 0 Å². The smallest absolute Gasteiger partial charge is 0.124 e. The highest BCUT2D eigenvalue weighted by atomic mass is 79.9. The fourth-order valence-corrected chi connectivity index (χ4v) is 3.92. The Balaban J connectivity index is 1.86. The van der Waals surface area contributed by atoms with Crippen LogP contribution in [0.5, 0.6) is 0 Å². The van der Waals surface area contributed by atoms with Crippen LogP contribution in [0.3, 0.4) is 0 Å². The number of hydrogen-bond donors (Lipinski definition) is 0. The van der Waals surface area contributed by atoms with E-state index in [0.29, 0.717) is 0 Å². The van der Waals surface area contributed by atoms with Crippen LogP contribution in [0.15, 0.2) is 45.5 Å². The number of hydrogen-bond acceptors (Lipinski definition) is 3. The second-order valence-corrected chi connectivity index (χ2v) is 6.56. The van der Waals surface area contributed by atoms with Crippen LogP contribution in [0.1, 0.15) is 10.6 Å². The predicted molar refractivity (Wildman–Crippen MR) is 80.4 cm³/mol. The molecule has 0 atom stereocenters. The molecule has 2 nitrogen and oxygen atoms in total. The van der Waals surface area contributed by atoms with Crippen molar-refractivity contribution in [2.75, 3.05) is 0 Å². The molecule has 0 amide bonds. The first kappa shape index (κ1) is 11.4. The lowest BCUT2D eigenvalue weighted by atomic mass is 10.0. The number of thiazole rings is 1. The highest BCUT2D eigenvalue weighted by Crippen LogP contribution is 2.40. The first-order chi connectivity index (χ1) is 9.31. The highest BCUT2D eigenvalue weighted by Gasteiger charge is 2.23. The summed E-state index contributed by atoms with van der Waals surface area (Å²) in [6.07, 6.45) is 3.77. The van der Waals surface area contributed by atoms with Gasteiger partial charge in [-0.05, 0) is 24.6 Å². The minimum atomic E-state index is 0.982. The molecule has 0 aliphatic heterocycles. The fourth-order valence-electron chi connectivity index (χ4n) is 2.45. The number of rotatable bonds is 1. The van der Waals surface area contributed by atoms with E-state index in [1.165, 1.54) is 16.0 Å². The number of benzene rings is 1. The van der Waals surface area contributed by atoms with Crippen molar-refractivity contribution in [3.8, 4) is 21.8 Å². The lowest BCUT2D eigenvalue weighted by molar-refractivity contribution is 0.508. The molecule has 0 unspecified atom stereocenters. The van der Waals surface area contributed by atoms with Crippen LogP contribution in [0.2, 0.25) is 0 Å². The molecule has 0 spiro atoms. The van der Waals surface area contributed by atoms with E-state index in [1.54, 1.807) is 17.6 Å². The molecule has 4 heteroatoms. The van der Waals surface area contributed by atoms with Crippen molar-refractivity contribution >= 4 is 27.3 Å². The fraction of sp³-hybridized carbons (Fsp3) is 0.133. The summed E-state index contributed by atoms with van der Waals surface area (Å²) in [5.41, 5.74) is 3.44. The number of halogens is 1. The molecule has 1 aliphatic rings. The molecule has 0 radical (unpaired) electrons. The average molecular weight is 332 g/mol. The zero-order valence-electron chi connectivity index (χ0n) is 10.0. The third kappa shape index (κ3) is 1.86. The SMILES string of the molecule is Brc1cccc(-c2nc3c(s2)CCc2occc2-3)c1. The van der Waals surface area contributed by atoms with Crippen molar-refractivity contribution in [1.82, 2.24) is 4.98 Å². The minimum absolute atomic E-state index is 0.982. The van der Waals surface area contributed by atoms with Gasteiger partial charge in [-0.15, -0.1) is 11.3 Å². The maximum Gasteiger partial charge on any atom is 0.124 e. The van der Waals surface area contributed by atoms with Gasteiger partial charge in [-0.2, -0.15) is 0 Å². The molecule has 0 N–H and O–H groups in total. The summed E-state index contributed by atoms with van der Waals surface area (Å²) < 4.78 is 6.59. The summed E-state index contributed by atoms with van der Waals surface area (Å²) >= 11 is 5.30. The Bertz CT molecular complexity index is 759. The number of aryl methyl sites for hydroxylation is 2. The molecular formula is C15H10BrNOS. The van der Waals surface area contributed by atoms with E-state index in [2.05, 4.69) is 28.1 Å². The lowest BCUT2D eigenvalue weighted by Crippen LogP contribution is -1.98. The van der Waals surface area contributed by atoms with Crippen molar-refractivity contribution in [1.29, 1.82) is 0 Å². The van der Waals surface area contributed by atoms with Gasteiger partial charge in [0.2, 0.25) is 0 Å². The molecule has 0 fully saturated rings. The molecule has 2 aromatic heterocycles. The molecule has 2 heterocycles. The zero-order chi connectivity index (χ0) is 12.8. The molecule has 1 aliphatic carbocycles. The van der Waals surface area contributed by atoms with Crippen molar-refractivity contribution in [2.24, 2.45) is 0 Å². The Labute approximate surface area is 123 Å². The number of furan rings is 1. The third-order valence-corrected chi connectivity index (χ3v) is 5.01. The van der Waals surface area contributed by atoms with E-state index in [9.17, 15) is 0 Å². The lowest BCUT2D eigenvalue weighted by Gasteiger charge is -2.07. The second kappa shape index (κ2) is 4.32. The standard InChI is InChI=1S/C15H10BrNOS/c16-10-3-1-2-9(8-10)15-17-14-11-6-7-18-12(11)4-5-13(14)19-15/h1-3,6-8H,4-5H2. The van der Waals surface area contributed by atoms with Gasteiger partial charge in [-0.1, -0.05) is 28.1 Å². The molecule has 0 bridgehead atoms. The van der Waals surface area contributed by atoms with E-state index in [1.807, 2.05) is 18.2 Å². The van der Waals surface area contributed by atoms with E-state index >= 15 is 0 Å². The van der Waals surface area contributed by atoms with Crippen molar-refractivity contribution < 1.29 is 4.42 Å². The Morgan fingerprint density at radius 1 is 1.21 bits per heavy atom. The Hall–Kier alpha value is -1.39. The maximum atomic E-state index is 5.50. The van der Waals surface area contributed by atoms with Crippen molar-refractivity contribution in [3.63, 3.8) is 0 Å². The van der Waals surface area contributed by atoms with Crippen molar-refractivity contribution in [2.45, 2.75) is 12.8 Å². The molecular weight excluding hydrogens is 322 g/mol. The van der Waals surface area contributed by atoms with E-state index in [-0.39, 0.29) is 0 Å². The van der Waals surface area contributed by atoms with Crippen LogP contribution in [-0.2, 0) is 12.8 Å². The normalized spacial score (nSPS) is 13.1. The predicted octanol–water partition coefficient (Wildman–Crippen LogP) is 4.93. The van der Waals surface area contributed by atoms with Gasteiger partial charge in [-0.25, -0.2) is 4.98 Å². The molecule has 94 valence electrons. The summed E-state index contributed by atoms with van der Waals surface area (Å²) in [6, 6.07) is 10.3. The molecule has 19 heavy (non-hydrogen) atoms. The number of fused-ring (bicyclic) bond motifs is 3. The quantitative estimate of drug-likeness (QED) is 0.631. The first-order valence-electron chi connectivity index (χ1n) is 6.13. The first-order valence-corrected chi connectivity index (χ1v) is 7.74. The van der Waals surface area contributed by atoms with Crippen LogP contribution in [0, 0.1) is 0 Å². The average Bonchev–Trinajstić information content (AvgIpc) is 3.04. The van der Waals surface area contributed by atoms with Gasteiger partial charge in [0.15, 0.2) is 0 Å². The second-order valence-electron chi connectivity index (χ2n) is 4.56. The zero-order valence-corrected chi connectivity index (χ0v) is 12.4. The summed E-state index contributed by atoms with van der Waals surface area (Å²) in [5.74, 6) is 1.07. The van der Waals surface area contributed by atoms with Gasteiger partial charge in [0.25, 0.3) is 0 Å². The summed E-state index contributed by atoms with van der Waals surface area (Å²) in [5, 5.41) is 1.08. The molecule has 0 saturated heterocycles. The Kier molecular flexibility index (Phi) is 2.60. The van der Waals surface area contributed by atoms with Gasteiger partial charge < -0.3 is 4.42 Å². The van der Waals surface area contributed by atoms with Gasteiger partial charge in [0.1, 0.15) is 10.8 Å². The largest absolute Gasteiger partial charge is 0.469 e. The van der Waals surface area contributed by atoms with Crippen LogP contribution < -0.4 is 0 Å². The third-order valence-electron chi connectivity index (χ3n) is 3.35. The van der Waals surface area contributed by atoms with Gasteiger partial charge in [0, 0.05) is 26.9 Å². The highest BCUT2D eigenvalue weighted by molar-refractivity contribution is 9.10. The topological polar surface area (TPSA) is 26.0 Å².